The third-order valence-corrected chi connectivity index (χ3v) is 6.29. The van der Waals surface area contributed by atoms with Gasteiger partial charge in [-0.3, -0.25) is 29.3 Å². The first-order valence-corrected chi connectivity index (χ1v) is 10.3. The number of rotatable bonds is 2. The van der Waals surface area contributed by atoms with Crippen LogP contribution in [0.25, 0.3) is 16.5 Å². The minimum atomic E-state index is -1.33. The van der Waals surface area contributed by atoms with Crippen LogP contribution in [0.3, 0.4) is 0 Å². The van der Waals surface area contributed by atoms with Crippen molar-refractivity contribution in [3.05, 3.63) is 126 Å². The number of allylic oxidation sites excluding steroid dienone is 2. The third kappa shape index (κ3) is 2.37. The highest BCUT2D eigenvalue weighted by molar-refractivity contribution is 6.38. The Bertz CT molecular complexity index is 1780. The Balaban J connectivity index is 1.81. The van der Waals surface area contributed by atoms with Gasteiger partial charge < -0.3 is 0 Å². The zero-order valence-electron chi connectivity index (χ0n) is 17.3. The molecule has 0 saturated carbocycles. The van der Waals surface area contributed by atoms with Gasteiger partial charge in [0.25, 0.3) is 16.8 Å². The van der Waals surface area contributed by atoms with Crippen LogP contribution in [0.1, 0.15) is 32.3 Å². The summed E-state index contributed by atoms with van der Waals surface area (Å²) in [5.74, 6) is -1.16. The van der Waals surface area contributed by atoms with Crippen LogP contribution in [0.4, 0.5) is 5.69 Å². The van der Waals surface area contributed by atoms with E-state index in [4.69, 9.17) is 0 Å². The van der Waals surface area contributed by atoms with Gasteiger partial charge in [-0.05, 0) is 18.2 Å². The number of hydrogen-bond donors (Lipinski definition) is 0. The van der Waals surface area contributed by atoms with Gasteiger partial charge in [0.15, 0.2) is 5.78 Å². The van der Waals surface area contributed by atoms with Gasteiger partial charge in [-0.25, -0.2) is 9.36 Å². The number of ketones is 2. The molecule has 34 heavy (non-hydrogen) atoms. The Morgan fingerprint density at radius 3 is 1.94 bits per heavy atom. The highest BCUT2D eigenvalue weighted by Gasteiger charge is 2.47. The molecule has 0 bridgehead atoms. The number of aromatic nitrogens is 2. The second-order valence-electron chi connectivity index (χ2n) is 8.00. The van der Waals surface area contributed by atoms with Crippen LogP contribution < -0.4 is 11.1 Å². The summed E-state index contributed by atoms with van der Waals surface area (Å²) in [5.41, 5.74) is -1.77. The maximum absolute atomic E-state index is 13.7. The number of nitro benzene ring substituents is 1. The predicted octanol–water partition coefficient (Wildman–Crippen LogP) is 2.96. The van der Waals surface area contributed by atoms with Crippen LogP contribution >= 0.6 is 0 Å². The summed E-state index contributed by atoms with van der Waals surface area (Å²) in [7, 11) is 0. The summed E-state index contributed by atoms with van der Waals surface area (Å²) in [4.78, 5) is 65.7. The fourth-order valence-corrected chi connectivity index (χ4v) is 4.86. The quantitative estimate of drug-likeness (QED) is 0.341. The average Bonchev–Trinajstić information content (AvgIpc) is 3.23. The molecule has 9 heteroatoms. The Kier molecular flexibility index (Phi) is 3.94. The number of nitrogens with zero attached hydrogens (tertiary/aromatic N) is 3. The first-order valence-electron chi connectivity index (χ1n) is 10.3. The van der Waals surface area contributed by atoms with E-state index in [1.165, 1.54) is 42.5 Å². The Morgan fingerprint density at radius 2 is 1.26 bits per heavy atom. The lowest BCUT2D eigenvalue weighted by molar-refractivity contribution is -0.385. The molecule has 0 N–H and O–H groups in total. The standard InChI is InChI=1S/C25H13N3O6/c29-22-13-7-1-2-8-14(13)23(30)21-19(22)20(17-11-5-6-12-18(17)28(33)34)26-24(31)15-9-3-4-10-16(15)25(32)27(21)26/h1-12,20H. The molecule has 0 fully saturated rings. The zero-order valence-corrected chi connectivity index (χ0v) is 17.3. The fraction of sp³-hybridized carbons (Fsp3) is 0.0400. The van der Waals surface area contributed by atoms with E-state index in [9.17, 15) is 29.3 Å². The molecule has 6 rings (SSSR count). The number of carbonyl (C=O) groups is 2. The van der Waals surface area contributed by atoms with E-state index in [0.717, 1.165) is 9.36 Å². The summed E-state index contributed by atoms with van der Waals surface area (Å²) < 4.78 is 1.91. The van der Waals surface area contributed by atoms with Crippen molar-refractivity contribution in [2.45, 2.75) is 6.04 Å². The summed E-state index contributed by atoms with van der Waals surface area (Å²) in [6.07, 6.45) is 0. The molecule has 4 aromatic rings. The monoisotopic (exact) mass is 451 g/mol. The van der Waals surface area contributed by atoms with Gasteiger partial charge in [-0.2, -0.15) is 0 Å². The molecule has 0 spiro atoms. The second kappa shape index (κ2) is 6.79. The Morgan fingerprint density at radius 1 is 0.706 bits per heavy atom. The van der Waals surface area contributed by atoms with Crippen LogP contribution in [-0.2, 0) is 0 Å². The van der Waals surface area contributed by atoms with Gasteiger partial charge in [0.1, 0.15) is 11.7 Å². The highest BCUT2D eigenvalue weighted by Crippen LogP contribution is 2.43. The van der Waals surface area contributed by atoms with Crippen LogP contribution in [0.2, 0.25) is 0 Å². The van der Waals surface area contributed by atoms with Gasteiger partial charge >= 0.3 is 0 Å². The van der Waals surface area contributed by atoms with Crippen molar-refractivity contribution in [1.82, 2.24) is 9.36 Å². The number of hydrogen-bond acceptors (Lipinski definition) is 6. The summed E-state index contributed by atoms with van der Waals surface area (Å²) >= 11 is 0. The molecular formula is C25H13N3O6. The first-order chi connectivity index (χ1) is 16.4. The van der Waals surface area contributed by atoms with Gasteiger partial charge in [0, 0.05) is 17.2 Å². The van der Waals surface area contributed by atoms with Crippen LogP contribution in [0.5, 0.6) is 0 Å². The molecular weight excluding hydrogens is 438 g/mol. The number of nitro groups is 1. The summed E-state index contributed by atoms with van der Waals surface area (Å²) in [6.45, 7) is 0. The molecule has 2 aliphatic rings. The number of para-hydroxylation sites is 1. The Hall–Kier alpha value is -4.92. The molecule has 2 heterocycles. The molecule has 1 aliphatic heterocycles. The van der Waals surface area contributed by atoms with E-state index >= 15 is 0 Å². The zero-order chi connectivity index (χ0) is 23.7. The van der Waals surface area contributed by atoms with Crippen LogP contribution in [0, 0.1) is 10.1 Å². The van der Waals surface area contributed by atoms with E-state index < -0.39 is 33.7 Å². The molecule has 1 aliphatic carbocycles. The fourth-order valence-electron chi connectivity index (χ4n) is 4.86. The molecule has 1 atom stereocenters. The maximum atomic E-state index is 13.7. The SMILES string of the molecule is O=C1C2=C(C(=O)c3ccccc31)n1c(=O)c3ccccc3c(=O)n1C2c1ccccc1[N+](=O)[O-]. The number of fused-ring (bicyclic) bond motifs is 4. The van der Waals surface area contributed by atoms with Crippen molar-refractivity contribution < 1.29 is 14.5 Å². The van der Waals surface area contributed by atoms with Crippen molar-refractivity contribution in [2.24, 2.45) is 0 Å². The van der Waals surface area contributed by atoms with Crippen LogP contribution in [-0.4, -0.2) is 25.9 Å². The molecule has 9 nitrogen and oxygen atoms in total. The van der Waals surface area contributed by atoms with E-state index in [0.29, 0.717) is 0 Å². The van der Waals surface area contributed by atoms with E-state index in [2.05, 4.69) is 0 Å². The molecule has 3 aromatic carbocycles. The van der Waals surface area contributed by atoms with Gasteiger partial charge in [0.05, 0.1) is 26.8 Å². The molecule has 0 saturated heterocycles. The van der Waals surface area contributed by atoms with Gasteiger partial charge in [0.2, 0.25) is 5.78 Å². The summed E-state index contributed by atoms with van der Waals surface area (Å²) in [5, 5.41) is 12.0. The molecule has 1 aromatic heterocycles. The smallest absolute Gasteiger partial charge is 0.278 e. The highest BCUT2D eigenvalue weighted by atomic mass is 16.6. The van der Waals surface area contributed by atoms with Crippen molar-refractivity contribution in [3.63, 3.8) is 0 Å². The van der Waals surface area contributed by atoms with Crippen molar-refractivity contribution >= 4 is 33.7 Å². The lowest BCUT2D eigenvalue weighted by Crippen LogP contribution is -2.38. The Labute approximate surface area is 189 Å². The predicted molar refractivity (Wildman–Crippen MR) is 122 cm³/mol. The first kappa shape index (κ1) is 19.7. The third-order valence-electron chi connectivity index (χ3n) is 6.29. The van der Waals surface area contributed by atoms with Gasteiger partial charge in [-0.1, -0.05) is 48.5 Å². The van der Waals surface area contributed by atoms with Crippen molar-refractivity contribution in [1.29, 1.82) is 0 Å². The average molecular weight is 451 g/mol. The lowest BCUT2D eigenvalue weighted by Gasteiger charge is -2.19. The normalized spacial score (nSPS) is 16.4. The molecule has 164 valence electrons. The molecule has 0 radical (unpaired) electrons. The largest absolute Gasteiger partial charge is 0.289 e. The second-order valence-corrected chi connectivity index (χ2v) is 8.00. The minimum Gasteiger partial charge on any atom is -0.289 e. The topological polar surface area (TPSA) is 121 Å². The molecule has 0 amide bonds. The summed E-state index contributed by atoms with van der Waals surface area (Å²) in [6, 6.07) is 16.6. The lowest BCUT2D eigenvalue weighted by atomic mass is 9.82. The minimum absolute atomic E-state index is 0.0311. The maximum Gasteiger partial charge on any atom is 0.278 e. The van der Waals surface area contributed by atoms with Crippen molar-refractivity contribution in [2.75, 3.05) is 0 Å². The van der Waals surface area contributed by atoms with Gasteiger partial charge in [-0.15, -0.1) is 0 Å². The molecule has 1 unspecified atom stereocenters. The van der Waals surface area contributed by atoms with E-state index in [1.807, 2.05) is 0 Å². The number of Topliss-reactive ketones (excluding diaryl/α,β-unsaturated/α-hetero) is 2. The van der Waals surface area contributed by atoms with E-state index in [1.54, 1.807) is 30.3 Å². The van der Waals surface area contributed by atoms with E-state index in [-0.39, 0.29) is 44.4 Å². The number of benzene rings is 3. The number of carbonyl (C=O) groups excluding carboxylic acids is 2. The van der Waals surface area contributed by atoms with Crippen LogP contribution in [0.15, 0.2) is 88.0 Å². The van der Waals surface area contributed by atoms with Crippen molar-refractivity contribution in [3.8, 4) is 0 Å².